The van der Waals surface area contributed by atoms with Crippen molar-refractivity contribution in [1.29, 1.82) is 0 Å². The molecule has 0 nitrogen and oxygen atoms in total. The summed E-state index contributed by atoms with van der Waals surface area (Å²) in [6.07, 6.45) is 0. The second-order valence-corrected chi connectivity index (χ2v) is 11.3. The minimum Gasteiger partial charge on any atom is -0.204 e. The van der Waals surface area contributed by atoms with E-state index in [0.29, 0.717) is 10.4 Å². The van der Waals surface area contributed by atoms with E-state index in [-0.39, 0.29) is 9.49 Å². The summed E-state index contributed by atoms with van der Waals surface area (Å²) in [4.78, 5) is 0. The van der Waals surface area contributed by atoms with Crippen LogP contribution in [0.2, 0.25) is 0 Å². The molecular formula is C10H22Cl2S. The molecule has 0 aromatic carbocycles. The van der Waals surface area contributed by atoms with E-state index in [2.05, 4.69) is 41.5 Å². The van der Waals surface area contributed by atoms with Gasteiger partial charge in [-0.25, -0.2) is 10.0 Å². The summed E-state index contributed by atoms with van der Waals surface area (Å²) in [6, 6.07) is 0. The lowest BCUT2D eigenvalue weighted by atomic mass is 10.2. The molecule has 0 bridgehead atoms. The number of hydrogen-bond acceptors (Lipinski definition) is 0. The van der Waals surface area contributed by atoms with Crippen molar-refractivity contribution in [2.24, 2.45) is 0 Å². The maximum absolute atomic E-state index is 6.15. The van der Waals surface area contributed by atoms with Gasteiger partial charge in [0.15, 0.2) is 0 Å². The molecule has 82 valence electrons. The highest BCUT2D eigenvalue weighted by Crippen LogP contribution is 2.68. The van der Waals surface area contributed by atoms with E-state index in [1.54, 1.807) is 0 Å². The van der Waals surface area contributed by atoms with E-state index in [1.807, 2.05) is 0 Å². The van der Waals surface area contributed by atoms with Gasteiger partial charge in [-0.05, 0) is 9.49 Å². The molecule has 0 aromatic rings. The van der Waals surface area contributed by atoms with E-state index in [9.17, 15) is 0 Å². The van der Waals surface area contributed by atoms with Gasteiger partial charge in [-0.3, -0.25) is 0 Å². The Kier molecular flexibility index (Phi) is 4.50. The molecule has 0 aliphatic carbocycles. The number of rotatable bonds is 2. The van der Waals surface area contributed by atoms with E-state index in [1.165, 1.54) is 0 Å². The van der Waals surface area contributed by atoms with Crippen LogP contribution < -0.4 is 0 Å². The first-order chi connectivity index (χ1) is 5.62. The Morgan fingerprint density at radius 2 is 1.00 bits per heavy atom. The summed E-state index contributed by atoms with van der Waals surface area (Å²) in [7, 11) is -0.974. The Morgan fingerprint density at radius 1 is 0.769 bits per heavy atom. The summed E-state index contributed by atoms with van der Waals surface area (Å²) in [5.74, 6) is 0. The third kappa shape index (κ3) is 2.49. The fourth-order valence-corrected chi connectivity index (χ4v) is 9.43. The van der Waals surface area contributed by atoms with Crippen LogP contribution in [0, 0.1) is 0 Å². The molecule has 0 unspecified atom stereocenters. The van der Waals surface area contributed by atoms with Crippen LogP contribution in [0.3, 0.4) is 0 Å². The Labute approximate surface area is 94.7 Å². The van der Waals surface area contributed by atoms with Crippen molar-refractivity contribution in [1.82, 2.24) is 0 Å². The highest BCUT2D eigenvalue weighted by atomic mass is 35.5. The highest BCUT2D eigenvalue weighted by molar-refractivity contribution is 8.37. The van der Waals surface area contributed by atoms with Crippen LogP contribution >= 0.6 is 33.2 Å². The van der Waals surface area contributed by atoms with Crippen molar-refractivity contribution in [3.05, 3.63) is 0 Å². The lowest BCUT2D eigenvalue weighted by molar-refractivity contribution is 0.713. The third-order valence-corrected chi connectivity index (χ3v) is 10.4. The summed E-state index contributed by atoms with van der Waals surface area (Å²) >= 11 is 12.3. The second-order valence-electron chi connectivity index (χ2n) is 5.33. The predicted molar refractivity (Wildman–Crippen MR) is 68.5 cm³/mol. The van der Waals surface area contributed by atoms with E-state index in [4.69, 9.17) is 23.2 Å². The summed E-state index contributed by atoms with van der Waals surface area (Å²) in [5, 5.41) is 1.40. The van der Waals surface area contributed by atoms with Crippen molar-refractivity contribution in [2.45, 2.75) is 51.0 Å². The third-order valence-electron chi connectivity index (χ3n) is 2.72. The standard InChI is InChI=1S/C10H22Cl2S/c1-9(2,3)13(7-11,8-12)10(4,5)6/h7-8H2,1-6H3. The van der Waals surface area contributed by atoms with Gasteiger partial charge in [-0.15, -0.1) is 23.2 Å². The van der Waals surface area contributed by atoms with Gasteiger partial charge in [-0.2, -0.15) is 0 Å². The molecule has 0 heterocycles. The van der Waals surface area contributed by atoms with E-state index in [0.717, 1.165) is 0 Å². The van der Waals surface area contributed by atoms with Crippen LogP contribution in [0.15, 0.2) is 0 Å². The first-order valence-corrected chi connectivity index (χ1v) is 7.56. The Hall–Kier alpha value is 0.930. The molecule has 0 rings (SSSR count). The van der Waals surface area contributed by atoms with Crippen LogP contribution in [0.4, 0.5) is 0 Å². The number of alkyl halides is 2. The molecule has 13 heavy (non-hydrogen) atoms. The largest absolute Gasteiger partial charge is 0.204 e. The zero-order valence-electron chi connectivity index (χ0n) is 9.58. The smallest absolute Gasteiger partial charge is 0.0545 e. The molecule has 0 saturated heterocycles. The van der Waals surface area contributed by atoms with Gasteiger partial charge in [0, 0.05) is 0 Å². The van der Waals surface area contributed by atoms with Crippen LogP contribution in [0.1, 0.15) is 41.5 Å². The van der Waals surface area contributed by atoms with Crippen LogP contribution in [0.5, 0.6) is 0 Å². The first-order valence-electron chi connectivity index (χ1n) is 4.52. The lowest BCUT2D eigenvalue weighted by Gasteiger charge is -2.57. The number of hydrogen-bond donors (Lipinski definition) is 0. The fraction of sp³-hybridized carbons (Fsp3) is 1.00. The van der Waals surface area contributed by atoms with Gasteiger partial charge >= 0.3 is 0 Å². The van der Waals surface area contributed by atoms with Crippen LogP contribution in [-0.2, 0) is 0 Å². The van der Waals surface area contributed by atoms with Gasteiger partial charge in [0.2, 0.25) is 0 Å². The zero-order valence-corrected chi connectivity index (χ0v) is 11.9. The molecular weight excluding hydrogens is 223 g/mol. The normalized spacial score (nSPS) is 16.0. The molecule has 0 amide bonds. The molecule has 0 saturated carbocycles. The van der Waals surface area contributed by atoms with Gasteiger partial charge in [0.25, 0.3) is 0 Å². The van der Waals surface area contributed by atoms with Crippen LogP contribution in [-0.4, -0.2) is 19.9 Å². The van der Waals surface area contributed by atoms with Gasteiger partial charge in [-0.1, -0.05) is 41.5 Å². The molecule has 0 N–H and O–H groups in total. The molecule has 3 heteroatoms. The molecule has 0 fully saturated rings. The Balaban J connectivity index is 5.17. The minimum atomic E-state index is -0.974. The van der Waals surface area contributed by atoms with Crippen molar-refractivity contribution in [3.8, 4) is 0 Å². The predicted octanol–water partition coefficient (Wildman–Crippen LogP) is 4.78. The van der Waals surface area contributed by atoms with Gasteiger partial charge < -0.3 is 0 Å². The SMILES string of the molecule is CC(C)(C)S(CCl)(CCl)C(C)(C)C. The molecule has 0 radical (unpaired) electrons. The summed E-state index contributed by atoms with van der Waals surface area (Å²) in [5.41, 5.74) is 0. The van der Waals surface area contributed by atoms with Gasteiger partial charge in [0.05, 0.1) is 10.4 Å². The van der Waals surface area contributed by atoms with E-state index < -0.39 is 10.0 Å². The molecule has 0 aliphatic heterocycles. The maximum atomic E-state index is 6.15. The maximum Gasteiger partial charge on any atom is 0.0545 e. The average molecular weight is 245 g/mol. The minimum absolute atomic E-state index is 0.217. The molecule has 0 atom stereocenters. The molecule has 0 aliphatic rings. The summed E-state index contributed by atoms with van der Waals surface area (Å²) < 4.78 is 0.434. The van der Waals surface area contributed by atoms with E-state index >= 15 is 0 Å². The van der Waals surface area contributed by atoms with Crippen LogP contribution in [0.25, 0.3) is 0 Å². The van der Waals surface area contributed by atoms with Crippen molar-refractivity contribution in [3.63, 3.8) is 0 Å². The quantitative estimate of drug-likeness (QED) is 0.614. The zero-order chi connectivity index (χ0) is 10.9. The number of halogens is 2. The average Bonchev–Trinajstić information content (AvgIpc) is 1.84. The fourth-order valence-electron chi connectivity index (χ4n) is 1.60. The molecule has 0 aromatic heterocycles. The lowest BCUT2D eigenvalue weighted by Crippen LogP contribution is -2.40. The monoisotopic (exact) mass is 244 g/mol. The highest BCUT2D eigenvalue weighted by Gasteiger charge is 2.44. The van der Waals surface area contributed by atoms with Crippen molar-refractivity contribution in [2.75, 3.05) is 10.4 Å². The Bertz CT molecular complexity index is 145. The Morgan fingerprint density at radius 3 is 1.00 bits per heavy atom. The second kappa shape index (κ2) is 4.20. The topological polar surface area (TPSA) is 0 Å². The van der Waals surface area contributed by atoms with Crippen molar-refractivity contribution < 1.29 is 0 Å². The van der Waals surface area contributed by atoms with Crippen molar-refractivity contribution >= 4 is 33.2 Å². The van der Waals surface area contributed by atoms with Gasteiger partial charge in [0.1, 0.15) is 0 Å². The first kappa shape index (κ1) is 13.9. The molecule has 0 spiro atoms. The summed E-state index contributed by atoms with van der Waals surface area (Å²) in [6.45, 7) is 13.5.